The van der Waals surface area contributed by atoms with Crippen molar-refractivity contribution in [2.24, 2.45) is 0 Å². The number of imidazole rings is 1. The average Bonchev–Trinajstić information content (AvgIpc) is 3.41. The summed E-state index contributed by atoms with van der Waals surface area (Å²) < 4.78 is 3.82. The summed E-state index contributed by atoms with van der Waals surface area (Å²) in [6, 6.07) is 17.5. The minimum atomic E-state index is -0.304. The molecule has 0 N–H and O–H groups in total. The molecule has 1 saturated heterocycles. The van der Waals surface area contributed by atoms with E-state index in [0.717, 1.165) is 34.7 Å². The van der Waals surface area contributed by atoms with E-state index in [-0.39, 0.29) is 11.9 Å². The topological polar surface area (TPSA) is 68.8 Å². The molecule has 4 aromatic rings. The van der Waals surface area contributed by atoms with E-state index < -0.39 is 0 Å². The zero-order chi connectivity index (χ0) is 19.1. The summed E-state index contributed by atoms with van der Waals surface area (Å²) in [4.78, 5) is 19.3. The number of nitrogens with zero attached hydrogens (tertiary/aromatic N) is 6. The lowest BCUT2D eigenvalue weighted by Gasteiger charge is -2.16. The molecule has 1 atom stereocenters. The Balaban J connectivity index is 1.38. The van der Waals surface area contributed by atoms with Gasteiger partial charge in [-0.3, -0.25) is 4.79 Å². The molecule has 1 unspecified atom stereocenters. The molecular formula is C21H20N6O. The Morgan fingerprint density at radius 3 is 2.71 bits per heavy atom. The molecule has 0 radical (unpaired) electrons. The van der Waals surface area contributed by atoms with Gasteiger partial charge in [0.25, 0.3) is 5.91 Å². The number of aromatic nitrogens is 5. The first-order valence-corrected chi connectivity index (χ1v) is 9.40. The molecule has 3 heterocycles. The van der Waals surface area contributed by atoms with Gasteiger partial charge in [-0.2, -0.15) is 0 Å². The van der Waals surface area contributed by atoms with Crippen molar-refractivity contribution in [2.75, 3.05) is 11.4 Å². The summed E-state index contributed by atoms with van der Waals surface area (Å²) in [5.41, 5.74) is 3.78. The van der Waals surface area contributed by atoms with Crippen molar-refractivity contribution in [3.63, 3.8) is 0 Å². The highest BCUT2D eigenvalue weighted by molar-refractivity contribution is 5.98. The lowest BCUT2D eigenvalue weighted by molar-refractivity contribution is -0.120. The molecule has 0 aliphatic carbocycles. The van der Waals surface area contributed by atoms with E-state index in [1.54, 1.807) is 4.68 Å². The minimum Gasteiger partial charge on any atom is -0.322 e. The molecule has 1 fully saturated rings. The fourth-order valence-electron chi connectivity index (χ4n) is 3.87. The van der Waals surface area contributed by atoms with Gasteiger partial charge in [0.05, 0.1) is 23.8 Å². The highest BCUT2D eigenvalue weighted by Crippen LogP contribution is 2.28. The van der Waals surface area contributed by atoms with Crippen LogP contribution in [0.15, 0.2) is 60.8 Å². The number of amides is 1. The molecule has 0 bridgehead atoms. The zero-order valence-corrected chi connectivity index (χ0v) is 15.6. The van der Waals surface area contributed by atoms with E-state index >= 15 is 0 Å². The van der Waals surface area contributed by atoms with E-state index in [9.17, 15) is 4.79 Å². The molecule has 7 heteroatoms. The summed E-state index contributed by atoms with van der Waals surface area (Å²) in [6.07, 6.45) is 2.61. The number of benzene rings is 2. The average molecular weight is 372 g/mol. The molecular weight excluding hydrogens is 352 g/mol. The van der Waals surface area contributed by atoms with E-state index in [1.165, 1.54) is 0 Å². The molecule has 0 saturated carbocycles. The van der Waals surface area contributed by atoms with Crippen molar-refractivity contribution < 1.29 is 4.79 Å². The number of carbonyl (C=O) groups excluding carboxylic acids is 1. The second-order valence-electron chi connectivity index (χ2n) is 7.05. The van der Waals surface area contributed by atoms with E-state index in [0.29, 0.717) is 13.1 Å². The summed E-state index contributed by atoms with van der Waals surface area (Å²) >= 11 is 0. The molecule has 1 amide bonds. The van der Waals surface area contributed by atoms with Crippen molar-refractivity contribution in [1.82, 2.24) is 24.5 Å². The number of hydrogen-bond donors (Lipinski definition) is 0. The van der Waals surface area contributed by atoms with Crippen LogP contribution in [0.1, 0.15) is 24.0 Å². The Hall–Kier alpha value is -3.48. The number of rotatable bonds is 4. The SMILES string of the molecule is Cc1nc2ccccc2n1Cc1cn(C2CCN(c3ccccc3)C2=O)nn1. The number of hydrogen-bond acceptors (Lipinski definition) is 4. The summed E-state index contributed by atoms with van der Waals surface area (Å²) in [5, 5.41) is 8.56. The summed E-state index contributed by atoms with van der Waals surface area (Å²) in [5.74, 6) is 0.995. The monoisotopic (exact) mass is 372 g/mol. The summed E-state index contributed by atoms with van der Waals surface area (Å²) in [7, 11) is 0. The van der Waals surface area contributed by atoms with Gasteiger partial charge in [0.1, 0.15) is 17.6 Å². The highest BCUT2D eigenvalue weighted by Gasteiger charge is 2.34. The van der Waals surface area contributed by atoms with Gasteiger partial charge >= 0.3 is 0 Å². The molecule has 0 spiro atoms. The largest absolute Gasteiger partial charge is 0.322 e. The van der Waals surface area contributed by atoms with E-state index in [4.69, 9.17) is 0 Å². The van der Waals surface area contributed by atoms with Crippen LogP contribution in [-0.4, -0.2) is 37.0 Å². The smallest absolute Gasteiger partial charge is 0.251 e. The lowest BCUT2D eigenvalue weighted by atomic mass is 10.2. The van der Waals surface area contributed by atoms with Crippen molar-refractivity contribution in [2.45, 2.75) is 25.9 Å². The van der Waals surface area contributed by atoms with Crippen LogP contribution in [-0.2, 0) is 11.3 Å². The number of fused-ring (bicyclic) bond motifs is 1. The number of para-hydroxylation sites is 3. The van der Waals surface area contributed by atoms with Crippen LogP contribution in [0.3, 0.4) is 0 Å². The van der Waals surface area contributed by atoms with Crippen molar-refractivity contribution in [1.29, 1.82) is 0 Å². The quantitative estimate of drug-likeness (QED) is 0.552. The molecule has 5 rings (SSSR count). The first kappa shape index (κ1) is 16.7. The van der Waals surface area contributed by atoms with Crippen LogP contribution in [0.4, 0.5) is 5.69 Å². The van der Waals surface area contributed by atoms with Gasteiger partial charge in [0.2, 0.25) is 0 Å². The van der Waals surface area contributed by atoms with Crippen LogP contribution < -0.4 is 4.90 Å². The number of anilines is 1. The minimum absolute atomic E-state index is 0.0620. The van der Waals surface area contributed by atoms with Gasteiger partial charge < -0.3 is 9.47 Å². The predicted molar refractivity (Wildman–Crippen MR) is 106 cm³/mol. The summed E-state index contributed by atoms with van der Waals surface area (Å²) in [6.45, 7) is 3.26. The van der Waals surface area contributed by atoms with Gasteiger partial charge in [-0.15, -0.1) is 5.10 Å². The maximum absolute atomic E-state index is 12.9. The van der Waals surface area contributed by atoms with Crippen LogP contribution in [0.25, 0.3) is 11.0 Å². The number of aryl methyl sites for hydroxylation is 1. The Morgan fingerprint density at radius 2 is 1.86 bits per heavy atom. The third-order valence-electron chi connectivity index (χ3n) is 5.29. The second kappa shape index (κ2) is 6.60. The molecule has 2 aromatic heterocycles. The Labute approximate surface area is 162 Å². The van der Waals surface area contributed by atoms with Crippen LogP contribution in [0.5, 0.6) is 0 Å². The molecule has 28 heavy (non-hydrogen) atoms. The highest BCUT2D eigenvalue weighted by atomic mass is 16.2. The maximum Gasteiger partial charge on any atom is 0.251 e. The fraction of sp³-hybridized carbons (Fsp3) is 0.238. The maximum atomic E-state index is 12.9. The van der Waals surface area contributed by atoms with E-state index in [2.05, 4.69) is 25.9 Å². The Kier molecular flexibility index (Phi) is 3.93. The molecule has 1 aliphatic rings. The van der Waals surface area contributed by atoms with Gasteiger partial charge in [-0.1, -0.05) is 35.5 Å². The third-order valence-corrected chi connectivity index (χ3v) is 5.29. The van der Waals surface area contributed by atoms with Crippen LogP contribution in [0, 0.1) is 6.92 Å². The van der Waals surface area contributed by atoms with Gasteiger partial charge in [0.15, 0.2) is 0 Å². The fourth-order valence-corrected chi connectivity index (χ4v) is 3.87. The van der Waals surface area contributed by atoms with Gasteiger partial charge in [-0.05, 0) is 37.6 Å². The standard InChI is InChI=1S/C21H20N6O/c1-15-22-18-9-5-6-10-19(18)26(15)13-16-14-27(24-23-16)20-11-12-25(21(20)28)17-7-3-2-4-8-17/h2-10,14,20H,11-13H2,1H3. The van der Waals surface area contributed by atoms with Crippen molar-refractivity contribution >= 4 is 22.6 Å². The second-order valence-corrected chi connectivity index (χ2v) is 7.05. The van der Waals surface area contributed by atoms with Crippen LogP contribution in [0.2, 0.25) is 0 Å². The van der Waals surface area contributed by atoms with Crippen molar-refractivity contribution in [3.05, 3.63) is 72.3 Å². The Bertz CT molecular complexity index is 1150. The first-order valence-electron chi connectivity index (χ1n) is 9.40. The number of carbonyl (C=O) groups is 1. The van der Waals surface area contributed by atoms with Gasteiger partial charge in [0, 0.05) is 12.2 Å². The molecule has 140 valence electrons. The predicted octanol–water partition coefficient (Wildman–Crippen LogP) is 2.96. The third kappa shape index (κ3) is 2.76. The normalized spacial score (nSPS) is 17.0. The van der Waals surface area contributed by atoms with E-state index in [1.807, 2.05) is 66.6 Å². The molecule has 2 aromatic carbocycles. The Morgan fingerprint density at radius 1 is 1.07 bits per heavy atom. The molecule has 1 aliphatic heterocycles. The van der Waals surface area contributed by atoms with Gasteiger partial charge in [-0.25, -0.2) is 9.67 Å². The molecule has 7 nitrogen and oxygen atoms in total. The van der Waals surface area contributed by atoms with Crippen LogP contribution >= 0.6 is 0 Å². The zero-order valence-electron chi connectivity index (χ0n) is 15.6. The first-order chi connectivity index (χ1) is 13.7. The lowest BCUT2D eigenvalue weighted by Crippen LogP contribution is -2.28. The van der Waals surface area contributed by atoms with Crippen molar-refractivity contribution in [3.8, 4) is 0 Å².